The Morgan fingerprint density at radius 2 is 1.95 bits per heavy atom. The number of nitrogens with one attached hydrogen (secondary N) is 2. The number of likely N-dealkylation sites (N-methyl/N-ethyl adjacent to an activating group) is 1. The lowest BCUT2D eigenvalue weighted by atomic mass is 10.1. The van der Waals surface area contributed by atoms with E-state index in [1.54, 1.807) is 0 Å². The fourth-order valence-corrected chi connectivity index (χ4v) is 2.68. The van der Waals surface area contributed by atoms with Gasteiger partial charge in [0.15, 0.2) is 5.96 Å². The first-order valence-electron chi connectivity index (χ1n) is 8.03. The number of hydrogen-bond donors (Lipinski definition) is 2. The van der Waals surface area contributed by atoms with E-state index >= 15 is 0 Å². The second-order valence-corrected chi connectivity index (χ2v) is 6.51. The molecule has 1 saturated carbocycles. The Hall–Kier alpha value is -1.26. The molecule has 0 amide bonds. The van der Waals surface area contributed by atoms with E-state index in [4.69, 9.17) is 11.6 Å². The SMILES string of the molecule is CCNC(=NCc1ccc(Cl)cc1)NCC(C1CC1)N(C)C. The minimum absolute atomic E-state index is 0.583. The van der Waals surface area contributed by atoms with Gasteiger partial charge in [0.2, 0.25) is 0 Å². The zero-order chi connectivity index (χ0) is 15.9. The Labute approximate surface area is 138 Å². The van der Waals surface area contributed by atoms with E-state index in [0.29, 0.717) is 12.6 Å². The predicted octanol–water partition coefficient (Wildman–Crippen LogP) is 2.74. The van der Waals surface area contributed by atoms with Crippen LogP contribution in [0.5, 0.6) is 0 Å². The van der Waals surface area contributed by atoms with Gasteiger partial charge in [0.25, 0.3) is 0 Å². The maximum atomic E-state index is 5.91. The molecule has 22 heavy (non-hydrogen) atoms. The quantitative estimate of drug-likeness (QED) is 0.599. The average Bonchev–Trinajstić information content (AvgIpc) is 3.31. The van der Waals surface area contributed by atoms with Crippen LogP contribution in [0.3, 0.4) is 0 Å². The third-order valence-corrected chi connectivity index (χ3v) is 4.24. The van der Waals surface area contributed by atoms with E-state index < -0.39 is 0 Å². The van der Waals surface area contributed by atoms with Crippen LogP contribution >= 0.6 is 11.6 Å². The molecular formula is C17H27ClN4. The summed E-state index contributed by atoms with van der Waals surface area (Å²) in [6, 6.07) is 8.42. The molecule has 4 nitrogen and oxygen atoms in total. The van der Waals surface area contributed by atoms with Crippen molar-refractivity contribution in [1.29, 1.82) is 0 Å². The Morgan fingerprint density at radius 1 is 1.27 bits per heavy atom. The molecule has 122 valence electrons. The van der Waals surface area contributed by atoms with E-state index in [1.807, 2.05) is 24.3 Å². The van der Waals surface area contributed by atoms with Crippen LogP contribution < -0.4 is 10.6 Å². The van der Waals surface area contributed by atoms with Crippen LogP contribution in [-0.2, 0) is 6.54 Å². The zero-order valence-electron chi connectivity index (χ0n) is 13.8. The van der Waals surface area contributed by atoms with Crippen molar-refractivity contribution in [3.05, 3.63) is 34.9 Å². The molecule has 1 fully saturated rings. The maximum Gasteiger partial charge on any atom is 0.191 e. The van der Waals surface area contributed by atoms with Gasteiger partial charge in [0.1, 0.15) is 0 Å². The normalized spacial score (nSPS) is 16.7. The number of nitrogens with zero attached hydrogens (tertiary/aromatic N) is 2. The largest absolute Gasteiger partial charge is 0.357 e. The average molecular weight is 323 g/mol. The number of rotatable bonds is 7. The van der Waals surface area contributed by atoms with Gasteiger partial charge in [0.05, 0.1) is 6.54 Å². The number of halogens is 1. The molecule has 1 aliphatic carbocycles. The van der Waals surface area contributed by atoms with Crippen LogP contribution in [0.25, 0.3) is 0 Å². The summed E-state index contributed by atoms with van der Waals surface area (Å²) in [5, 5.41) is 7.55. The van der Waals surface area contributed by atoms with E-state index in [9.17, 15) is 0 Å². The zero-order valence-corrected chi connectivity index (χ0v) is 14.5. The predicted molar refractivity (Wildman–Crippen MR) is 94.5 cm³/mol. The third kappa shape index (κ3) is 5.50. The van der Waals surface area contributed by atoms with Crippen molar-refractivity contribution in [3.63, 3.8) is 0 Å². The molecule has 0 spiro atoms. The second kappa shape index (κ2) is 8.39. The van der Waals surface area contributed by atoms with E-state index in [2.05, 4.69) is 41.5 Å². The Kier molecular flexibility index (Phi) is 6.52. The van der Waals surface area contributed by atoms with Gasteiger partial charge < -0.3 is 15.5 Å². The monoisotopic (exact) mass is 322 g/mol. The van der Waals surface area contributed by atoms with E-state index in [-0.39, 0.29) is 0 Å². The van der Waals surface area contributed by atoms with Gasteiger partial charge in [-0.25, -0.2) is 4.99 Å². The summed E-state index contributed by atoms with van der Waals surface area (Å²) in [4.78, 5) is 6.97. The van der Waals surface area contributed by atoms with Crippen LogP contribution in [0.15, 0.2) is 29.3 Å². The molecule has 2 N–H and O–H groups in total. The van der Waals surface area contributed by atoms with Crippen LogP contribution in [0.4, 0.5) is 0 Å². The van der Waals surface area contributed by atoms with Gasteiger partial charge in [-0.1, -0.05) is 23.7 Å². The minimum Gasteiger partial charge on any atom is -0.357 e. The summed E-state index contributed by atoms with van der Waals surface area (Å²) in [5.74, 6) is 1.71. The lowest BCUT2D eigenvalue weighted by Crippen LogP contribution is -2.46. The fraction of sp³-hybridized carbons (Fsp3) is 0.588. The number of benzene rings is 1. The van der Waals surface area contributed by atoms with Crippen LogP contribution in [0.2, 0.25) is 5.02 Å². The summed E-state index contributed by atoms with van der Waals surface area (Å²) < 4.78 is 0. The second-order valence-electron chi connectivity index (χ2n) is 6.07. The summed E-state index contributed by atoms with van der Waals surface area (Å²) in [7, 11) is 4.31. The summed E-state index contributed by atoms with van der Waals surface area (Å²) >= 11 is 5.91. The molecule has 1 aliphatic rings. The minimum atomic E-state index is 0.583. The highest BCUT2D eigenvalue weighted by atomic mass is 35.5. The molecule has 2 rings (SSSR count). The summed E-state index contributed by atoms with van der Waals surface area (Å²) in [6.07, 6.45) is 2.70. The van der Waals surface area contributed by atoms with Crippen LogP contribution in [0.1, 0.15) is 25.3 Å². The Morgan fingerprint density at radius 3 is 2.50 bits per heavy atom. The van der Waals surface area contributed by atoms with E-state index in [0.717, 1.165) is 35.6 Å². The van der Waals surface area contributed by atoms with Gasteiger partial charge in [-0.05, 0) is 57.5 Å². The highest BCUT2D eigenvalue weighted by Crippen LogP contribution is 2.34. The van der Waals surface area contributed by atoms with Gasteiger partial charge >= 0.3 is 0 Å². The molecule has 1 atom stereocenters. The van der Waals surface area contributed by atoms with Gasteiger partial charge in [-0.3, -0.25) is 0 Å². The van der Waals surface area contributed by atoms with Crippen molar-refractivity contribution >= 4 is 17.6 Å². The highest BCUT2D eigenvalue weighted by molar-refractivity contribution is 6.30. The van der Waals surface area contributed by atoms with Crippen LogP contribution in [-0.4, -0.2) is 44.1 Å². The third-order valence-electron chi connectivity index (χ3n) is 3.99. The first-order chi connectivity index (χ1) is 10.6. The maximum absolute atomic E-state index is 5.91. The van der Waals surface area contributed by atoms with Crippen molar-refractivity contribution in [2.75, 3.05) is 27.2 Å². The first-order valence-corrected chi connectivity index (χ1v) is 8.41. The molecule has 0 bridgehead atoms. The summed E-state index contributed by atoms with van der Waals surface area (Å²) in [5.41, 5.74) is 1.16. The molecule has 1 aromatic rings. The van der Waals surface area contributed by atoms with Crippen molar-refractivity contribution in [3.8, 4) is 0 Å². The fourth-order valence-electron chi connectivity index (χ4n) is 2.56. The molecule has 0 aliphatic heterocycles. The Balaban J connectivity index is 1.90. The molecule has 1 unspecified atom stereocenters. The first kappa shape index (κ1) is 17.1. The van der Waals surface area contributed by atoms with Crippen LogP contribution in [0, 0.1) is 5.92 Å². The molecule has 5 heteroatoms. The van der Waals surface area contributed by atoms with Crippen molar-refractivity contribution in [1.82, 2.24) is 15.5 Å². The summed E-state index contributed by atoms with van der Waals surface area (Å²) in [6.45, 7) is 4.54. The van der Waals surface area contributed by atoms with Crippen molar-refractivity contribution < 1.29 is 0 Å². The smallest absolute Gasteiger partial charge is 0.191 e. The van der Waals surface area contributed by atoms with E-state index in [1.165, 1.54) is 12.8 Å². The number of aliphatic imine (C=N–C) groups is 1. The number of hydrogen-bond acceptors (Lipinski definition) is 2. The molecule has 1 aromatic carbocycles. The topological polar surface area (TPSA) is 39.7 Å². The van der Waals surface area contributed by atoms with Gasteiger partial charge in [0, 0.05) is 24.2 Å². The van der Waals surface area contributed by atoms with Crippen molar-refractivity contribution in [2.24, 2.45) is 10.9 Å². The molecule has 0 aromatic heterocycles. The van der Waals surface area contributed by atoms with Gasteiger partial charge in [-0.2, -0.15) is 0 Å². The number of guanidine groups is 1. The van der Waals surface area contributed by atoms with Gasteiger partial charge in [-0.15, -0.1) is 0 Å². The molecular weight excluding hydrogens is 296 g/mol. The lowest BCUT2D eigenvalue weighted by molar-refractivity contribution is 0.264. The molecule has 0 saturated heterocycles. The Bertz CT molecular complexity index is 478. The standard InChI is InChI=1S/C17H27ClN4/c1-4-19-17(20-11-13-5-9-15(18)10-6-13)21-12-16(22(2)3)14-7-8-14/h5-6,9-10,14,16H,4,7-8,11-12H2,1-3H3,(H2,19,20,21). The highest BCUT2D eigenvalue weighted by Gasteiger charge is 2.32. The van der Waals surface area contributed by atoms with Crippen molar-refractivity contribution in [2.45, 2.75) is 32.4 Å². The molecule has 0 heterocycles. The lowest BCUT2D eigenvalue weighted by Gasteiger charge is -2.25. The molecule has 0 radical (unpaired) electrons.